The van der Waals surface area contributed by atoms with Crippen molar-refractivity contribution in [2.24, 2.45) is 5.92 Å². The molecular formula is C12H12BrN. The first-order chi connectivity index (χ1) is 6.81. The van der Waals surface area contributed by atoms with Crippen LogP contribution in [-0.4, -0.2) is 0 Å². The number of halogens is 1. The Labute approximate surface area is 92.9 Å². The third kappa shape index (κ3) is 2.16. The van der Waals surface area contributed by atoms with Gasteiger partial charge in [-0.3, -0.25) is 0 Å². The predicted molar refractivity (Wildman–Crippen MR) is 59.8 cm³/mol. The summed E-state index contributed by atoms with van der Waals surface area (Å²) in [6, 6.07) is 10.6. The van der Waals surface area contributed by atoms with Gasteiger partial charge < -0.3 is 0 Å². The van der Waals surface area contributed by atoms with E-state index in [4.69, 9.17) is 5.26 Å². The van der Waals surface area contributed by atoms with Crippen molar-refractivity contribution in [1.82, 2.24) is 0 Å². The average molecular weight is 250 g/mol. The minimum absolute atomic E-state index is 0.456. The van der Waals surface area contributed by atoms with E-state index in [1.165, 1.54) is 18.4 Å². The van der Waals surface area contributed by atoms with Crippen molar-refractivity contribution in [2.45, 2.75) is 25.2 Å². The van der Waals surface area contributed by atoms with Gasteiger partial charge in [-0.2, -0.15) is 5.26 Å². The molecule has 0 saturated heterocycles. The first kappa shape index (κ1) is 9.73. The van der Waals surface area contributed by atoms with E-state index in [-0.39, 0.29) is 0 Å². The average Bonchev–Trinajstić information content (AvgIpc) is 2.97. The van der Waals surface area contributed by atoms with Crippen molar-refractivity contribution in [3.05, 3.63) is 34.3 Å². The Morgan fingerprint density at radius 1 is 1.50 bits per heavy atom. The second-order valence-electron chi connectivity index (χ2n) is 3.86. The van der Waals surface area contributed by atoms with Crippen LogP contribution in [0, 0.1) is 17.2 Å². The van der Waals surface area contributed by atoms with Gasteiger partial charge in [-0.15, -0.1) is 0 Å². The van der Waals surface area contributed by atoms with E-state index in [1.807, 2.05) is 12.1 Å². The van der Waals surface area contributed by atoms with Crippen molar-refractivity contribution < 1.29 is 0 Å². The van der Waals surface area contributed by atoms with Gasteiger partial charge in [0.25, 0.3) is 0 Å². The van der Waals surface area contributed by atoms with Gasteiger partial charge in [0, 0.05) is 10.9 Å². The fourth-order valence-corrected chi connectivity index (χ4v) is 2.31. The van der Waals surface area contributed by atoms with E-state index in [0.717, 1.165) is 10.4 Å². The van der Waals surface area contributed by atoms with Gasteiger partial charge in [0.1, 0.15) is 0 Å². The molecule has 72 valence electrons. The van der Waals surface area contributed by atoms with Crippen molar-refractivity contribution in [3.8, 4) is 6.07 Å². The van der Waals surface area contributed by atoms with E-state index in [2.05, 4.69) is 34.1 Å². The number of hydrogen-bond donors (Lipinski definition) is 0. The van der Waals surface area contributed by atoms with Crippen molar-refractivity contribution in [2.75, 3.05) is 0 Å². The molecule has 0 aromatic heterocycles. The zero-order chi connectivity index (χ0) is 9.97. The SMILES string of the molecule is N#CCC(c1cccc(Br)c1)C1CC1. The molecule has 1 nitrogen and oxygen atoms in total. The summed E-state index contributed by atoms with van der Waals surface area (Å²) in [5, 5.41) is 8.78. The molecule has 0 bridgehead atoms. The van der Waals surface area contributed by atoms with Crippen molar-refractivity contribution in [1.29, 1.82) is 5.26 Å². The molecule has 0 amide bonds. The molecule has 0 radical (unpaired) electrons. The molecule has 1 fully saturated rings. The molecule has 1 aliphatic rings. The third-order valence-corrected chi connectivity index (χ3v) is 3.27. The van der Waals surface area contributed by atoms with Crippen LogP contribution in [-0.2, 0) is 0 Å². The summed E-state index contributed by atoms with van der Waals surface area (Å²) in [6.07, 6.45) is 3.23. The van der Waals surface area contributed by atoms with Crippen LogP contribution >= 0.6 is 15.9 Å². The first-order valence-corrected chi connectivity index (χ1v) is 5.73. The maximum Gasteiger partial charge on any atom is 0.0628 e. The normalized spacial score (nSPS) is 17.4. The highest BCUT2D eigenvalue weighted by molar-refractivity contribution is 9.10. The van der Waals surface area contributed by atoms with Crippen LogP contribution in [0.1, 0.15) is 30.7 Å². The van der Waals surface area contributed by atoms with E-state index in [9.17, 15) is 0 Å². The van der Waals surface area contributed by atoms with Crippen LogP contribution in [0.3, 0.4) is 0 Å². The Balaban J connectivity index is 2.21. The quantitative estimate of drug-likeness (QED) is 0.799. The highest BCUT2D eigenvalue weighted by Gasteiger charge is 2.31. The summed E-state index contributed by atoms with van der Waals surface area (Å²) in [4.78, 5) is 0. The molecule has 1 unspecified atom stereocenters. The highest BCUT2D eigenvalue weighted by atomic mass is 79.9. The zero-order valence-corrected chi connectivity index (χ0v) is 9.50. The molecule has 1 saturated carbocycles. The minimum Gasteiger partial charge on any atom is -0.198 e. The summed E-state index contributed by atoms with van der Waals surface area (Å²) in [6.45, 7) is 0. The van der Waals surface area contributed by atoms with Gasteiger partial charge in [0.2, 0.25) is 0 Å². The molecule has 0 N–H and O–H groups in total. The molecule has 0 spiro atoms. The first-order valence-electron chi connectivity index (χ1n) is 4.93. The summed E-state index contributed by atoms with van der Waals surface area (Å²) in [5.41, 5.74) is 1.31. The molecular weight excluding hydrogens is 238 g/mol. The van der Waals surface area contributed by atoms with E-state index >= 15 is 0 Å². The van der Waals surface area contributed by atoms with Gasteiger partial charge in [0.15, 0.2) is 0 Å². The topological polar surface area (TPSA) is 23.8 Å². The molecule has 1 aromatic rings. The fraction of sp³-hybridized carbons (Fsp3) is 0.417. The second kappa shape index (κ2) is 4.14. The van der Waals surface area contributed by atoms with Crippen LogP contribution in [0.4, 0.5) is 0 Å². The number of benzene rings is 1. The second-order valence-corrected chi connectivity index (χ2v) is 4.78. The maximum absolute atomic E-state index is 8.78. The molecule has 0 aliphatic heterocycles. The molecule has 1 aliphatic carbocycles. The molecule has 2 rings (SSSR count). The lowest BCUT2D eigenvalue weighted by atomic mass is 9.92. The Kier molecular flexibility index (Phi) is 2.88. The van der Waals surface area contributed by atoms with Crippen LogP contribution in [0.15, 0.2) is 28.7 Å². The number of hydrogen-bond acceptors (Lipinski definition) is 1. The summed E-state index contributed by atoms with van der Waals surface area (Å²) >= 11 is 3.47. The molecule has 1 aromatic carbocycles. The zero-order valence-electron chi connectivity index (χ0n) is 7.91. The van der Waals surface area contributed by atoms with E-state index < -0.39 is 0 Å². The molecule has 2 heteroatoms. The number of rotatable bonds is 3. The Hall–Kier alpha value is -0.810. The smallest absolute Gasteiger partial charge is 0.0628 e. The number of nitrogens with zero attached hydrogens (tertiary/aromatic N) is 1. The Bertz CT molecular complexity index is 363. The Morgan fingerprint density at radius 3 is 2.86 bits per heavy atom. The standard InChI is InChI=1S/C12H12BrN/c13-11-3-1-2-10(8-11)12(6-7-14)9-4-5-9/h1-3,8-9,12H,4-6H2. The van der Waals surface area contributed by atoms with Gasteiger partial charge in [-0.25, -0.2) is 0 Å². The van der Waals surface area contributed by atoms with E-state index in [1.54, 1.807) is 0 Å². The van der Waals surface area contributed by atoms with Gasteiger partial charge in [-0.1, -0.05) is 28.1 Å². The third-order valence-electron chi connectivity index (χ3n) is 2.78. The van der Waals surface area contributed by atoms with Gasteiger partial charge in [-0.05, 0) is 42.4 Å². The Morgan fingerprint density at radius 2 is 2.29 bits per heavy atom. The van der Waals surface area contributed by atoms with Crippen molar-refractivity contribution >= 4 is 15.9 Å². The maximum atomic E-state index is 8.78. The highest BCUT2D eigenvalue weighted by Crippen LogP contribution is 2.44. The lowest BCUT2D eigenvalue weighted by Crippen LogP contribution is -1.99. The van der Waals surface area contributed by atoms with Crippen molar-refractivity contribution in [3.63, 3.8) is 0 Å². The number of nitriles is 1. The lowest BCUT2D eigenvalue weighted by molar-refractivity contribution is 0.619. The van der Waals surface area contributed by atoms with Crippen LogP contribution in [0.25, 0.3) is 0 Å². The van der Waals surface area contributed by atoms with Crippen LogP contribution < -0.4 is 0 Å². The summed E-state index contributed by atoms with van der Waals surface area (Å²) in [5.74, 6) is 1.21. The molecule has 14 heavy (non-hydrogen) atoms. The summed E-state index contributed by atoms with van der Waals surface area (Å²) in [7, 11) is 0. The monoisotopic (exact) mass is 249 g/mol. The largest absolute Gasteiger partial charge is 0.198 e. The predicted octanol–water partition coefficient (Wildman–Crippen LogP) is 3.86. The van der Waals surface area contributed by atoms with Crippen LogP contribution in [0.5, 0.6) is 0 Å². The minimum atomic E-state index is 0.456. The van der Waals surface area contributed by atoms with E-state index in [0.29, 0.717) is 12.3 Å². The lowest BCUT2D eigenvalue weighted by Gasteiger charge is -2.12. The van der Waals surface area contributed by atoms with Gasteiger partial charge in [0.05, 0.1) is 6.07 Å². The summed E-state index contributed by atoms with van der Waals surface area (Å²) < 4.78 is 1.11. The molecule has 1 atom stereocenters. The molecule has 0 heterocycles. The van der Waals surface area contributed by atoms with Crippen LogP contribution in [0.2, 0.25) is 0 Å². The van der Waals surface area contributed by atoms with Gasteiger partial charge >= 0.3 is 0 Å². The fourth-order valence-electron chi connectivity index (χ4n) is 1.89.